The molecule has 3 unspecified atom stereocenters. The van der Waals surface area contributed by atoms with Crippen LogP contribution in [-0.4, -0.2) is 12.6 Å². The van der Waals surface area contributed by atoms with Crippen molar-refractivity contribution in [2.45, 2.75) is 59.1 Å². The van der Waals surface area contributed by atoms with Gasteiger partial charge in [0.1, 0.15) is 5.75 Å². The molecule has 1 saturated carbocycles. The molecule has 1 aliphatic carbocycles. The molecule has 1 aliphatic rings. The van der Waals surface area contributed by atoms with Gasteiger partial charge in [0.15, 0.2) is 0 Å². The van der Waals surface area contributed by atoms with Gasteiger partial charge in [-0.3, -0.25) is 0 Å². The third-order valence-corrected chi connectivity index (χ3v) is 4.33. The van der Waals surface area contributed by atoms with E-state index in [9.17, 15) is 0 Å². The Morgan fingerprint density at radius 3 is 2.25 bits per heavy atom. The van der Waals surface area contributed by atoms with Crippen LogP contribution in [0.3, 0.4) is 0 Å². The summed E-state index contributed by atoms with van der Waals surface area (Å²) in [5, 5.41) is 3.43. The van der Waals surface area contributed by atoms with Gasteiger partial charge in [0.2, 0.25) is 0 Å². The third kappa shape index (κ3) is 4.24. The summed E-state index contributed by atoms with van der Waals surface area (Å²) >= 11 is 0. The number of hydrogen-bond acceptors (Lipinski definition) is 2. The predicted molar refractivity (Wildman–Crippen MR) is 85.1 cm³/mol. The van der Waals surface area contributed by atoms with Crippen molar-refractivity contribution in [3.05, 3.63) is 29.8 Å². The second-order valence-electron chi connectivity index (χ2n) is 6.51. The largest absolute Gasteiger partial charge is 0.490 e. The first-order valence-electron chi connectivity index (χ1n) is 8.08. The van der Waals surface area contributed by atoms with Gasteiger partial charge in [0, 0.05) is 6.04 Å². The van der Waals surface area contributed by atoms with Crippen LogP contribution in [-0.2, 0) is 0 Å². The van der Waals surface area contributed by atoms with Gasteiger partial charge in [-0.2, -0.15) is 0 Å². The van der Waals surface area contributed by atoms with E-state index in [0.717, 1.165) is 24.1 Å². The van der Waals surface area contributed by atoms with E-state index < -0.39 is 0 Å². The Bertz CT molecular complexity index is 390. The molecule has 2 heteroatoms. The van der Waals surface area contributed by atoms with E-state index in [0.29, 0.717) is 12.1 Å². The number of hydrogen-bond donors (Lipinski definition) is 1. The first kappa shape index (κ1) is 15.4. The van der Waals surface area contributed by atoms with E-state index in [-0.39, 0.29) is 0 Å². The van der Waals surface area contributed by atoms with Gasteiger partial charge in [0.25, 0.3) is 0 Å². The van der Waals surface area contributed by atoms with Gasteiger partial charge < -0.3 is 10.1 Å². The van der Waals surface area contributed by atoms with Crippen LogP contribution in [0.15, 0.2) is 24.3 Å². The molecule has 0 spiro atoms. The van der Waals surface area contributed by atoms with E-state index >= 15 is 0 Å². The molecular formula is C18H29NO. The maximum absolute atomic E-state index is 6.17. The Morgan fingerprint density at radius 2 is 1.70 bits per heavy atom. The van der Waals surface area contributed by atoms with E-state index in [1.54, 1.807) is 0 Å². The Hall–Kier alpha value is -1.02. The molecule has 0 aliphatic heterocycles. The van der Waals surface area contributed by atoms with Crippen molar-refractivity contribution in [2.24, 2.45) is 11.8 Å². The van der Waals surface area contributed by atoms with E-state index in [1.807, 2.05) is 0 Å². The Balaban J connectivity index is 1.93. The molecule has 1 aromatic carbocycles. The normalized spacial score (nSPS) is 28.1. The summed E-state index contributed by atoms with van der Waals surface area (Å²) < 4.78 is 6.17. The summed E-state index contributed by atoms with van der Waals surface area (Å²) in [6.07, 6.45) is 4.13. The maximum atomic E-state index is 6.17. The van der Waals surface area contributed by atoms with E-state index in [4.69, 9.17) is 4.74 Å². The summed E-state index contributed by atoms with van der Waals surface area (Å²) in [5.74, 6) is 2.59. The SMILES string of the molecule is CCNC(C)c1ccc(OC2CC(C)CC(C)C2)cc1. The van der Waals surface area contributed by atoms with Crippen molar-refractivity contribution in [3.8, 4) is 5.75 Å². The summed E-state index contributed by atoms with van der Waals surface area (Å²) in [7, 11) is 0. The molecule has 2 nitrogen and oxygen atoms in total. The molecule has 0 bridgehead atoms. The fraction of sp³-hybridized carbons (Fsp3) is 0.667. The highest BCUT2D eigenvalue weighted by Crippen LogP contribution is 2.31. The topological polar surface area (TPSA) is 21.3 Å². The third-order valence-electron chi connectivity index (χ3n) is 4.33. The van der Waals surface area contributed by atoms with Crippen LogP contribution in [0.2, 0.25) is 0 Å². The number of nitrogens with one attached hydrogen (secondary N) is 1. The van der Waals surface area contributed by atoms with Crippen LogP contribution in [0.1, 0.15) is 58.6 Å². The van der Waals surface area contributed by atoms with Crippen molar-refractivity contribution >= 4 is 0 Å². The van der Waals surface area contributed by atoms with Gasteiger partial charge in [0.05, 0.1) is 6.10 Å². The molecule has 1 N–H and O–H groups in total. The van der Waals surface area contributed by atoms with Crippen molar-refractivity contribution < 1.29 is 4.74 Å². The minimum Gasteiger partial charge on any atom is -0.490 e. The fourth-order valence-electron chi connectivity index (χ4n) is 3.42. The summed E-state index contributed by atoms with van der Waals surface area (Å²) in [6.45, 7) is 10.0. The van der Waals surface area contributed by atoms with Crippen LogP contribution >= 0.6 is 0 Å². The van der Waals surface area contributed by atoms with Gasteiger partial charge in [-0.15, -0.1) is 0 Å². The maximum Gasteiger partial charge on any atom is 0.119 e. The standard InChI is InChI=1S/C18H29NO/c1-5-19-15(4)16-6-8-17(9-7-16)20-18-11-13(2)10-14(3)12-18/h6-9,13-15,18-19H,5,10-12H2,1-4H3. The van der Waals surface area contributed by atoms with Crippen molar-refractivity contribution in [1.82, 2.24) is 5.32 Å². The van der Waals surface area contributed by atoms with Gasteiger partial charge in [-0.25, -0.2) is 0 Å². The molecule has 1 fully saturated rings. The van der Waals surface area contributed by atoms with E-state index in [1.165, 1.54) is 24.8 Å². The monoisotopic (exact) mass is 275 g/mol. The highest BCUT2D eigenvalue weighted by atomic mass is 16.5. The lowest BCUT2D eigenvalue weighted by Crippen LogP contribution is -2.28. The van der Waals surface area contributed by atoms with E-state index in [2.05, 4.69) is 57.3 Å². The first-order valence-corrected chi connectivity index (χ1v) is 8.08. The zero-order valence-corrected chi connectivity index (χ0v) is 13.4. The molecule has 0 aromatic heterocycles. The van der Waals surface area contributed by atoms with Gasteiger partial charge >= 0.3 is 0 Å². The minimum atomic E-state index is 0.394. The summed E-state index contributed by atoms with van der Waals surface area (Å²) in [6, 6.07) is 9.00. The number of benzene rings is 1. The minimum absolute atomic E-state index is 0.394. The van der Waals surface area contributed by atoms with Gasteiger partial charge in [-0.05, 0) is 62.3 Å². The smallest absolute Gasteiger partial charge is 0.119 e. The molecule has 3 atom stereocenters. The average Bonchev–Trinajstić information content (AvgIpc) is 2.38. The Kier molecular flexibility index (Phi) is 5.47. The fourth-order valence-corrected chi connectivity index (χ4v) is 3.42. The second kappa shape index (κ2) is 7.12. The van der Waals surface area contributed by atoms with Crippen LogP contribution in [0, 0.1) is 11.8 Å². The number of ether oxygens (including phenoxy) is 1. The lowest BCUT2D eigenvalue weighted by molar-refractivity contribution is 0.101. The average molecular weight is 275 g/mol. The molecule has 0 heterocycles. The lowest BCUT2D eigenvalue weighted by atomic mass is 9.82. The molecule has 0 amide bonds. The molecule has 0 saturated heterocycles. The zero-order valence-electron chi connectivity index (χ0n) is 13.4. The number of rotatable bonds is 5. The Morgan fingerprint density at radius 1 is 1.10 bits per heavy atom. The molecule has 1 aromatic rings. The van der Waals surface area contributed by atoms with Crippen LogP contribution in [0.25, 0.3) is 0 Å². The van der Waals surface area contributed by atoms with Crippen molar-refractivity contribution in [2.75, 3.05) is 6.54 Å². The van der Waals surface area contributed by atoms with Crippen molar-refractivity contribution in [3.63, 3.8) is 0 Å². The quantitative estimate of drug-likeness (QED) is 0.850. The lowest BCUT2D eigenvalue weighted by Gasteiger charge is -2.31. The highest BCUT2D eigenvalue weighted by Gasteiger charge is 2.25. The summed E-state index contributed by atoms with van der Waals surface area (Å²) in [5.41, 5.74) is 1.32. The zero-order chi connectivity index (χ0) is 14.5. The molecule has 0 radical (unpaired) electrons. The Labute approximate surface area is 123 Å². The van der Waals surface area contributed by atoms with Gasteiger partial charge in [-0.1, -0.05) is 32.9 Å². The van der Waals surface area contributed by atoms with Crippen LogP contribution in [0.5, 0.6) is 5.75 Å². The molecule has 20 heavy (non-hydrogen) atoms. The van der Waals surface area contributed by atoms with Crippen molar-refractivity contribution in [1.29, 1.82) is 0 Å². The molecule has 112 valence electrons. The highest BCUT2D eigenvalue weighted by molar-refractivity contribution is 5.29. The molecular weight excluding hydrogens is 246 g/mol. The molecule has 2 rings (SSSR count). The predicted octanol–water partition coefficient (Wildman–Crippen LogP) is 4.56. The first-order chi connectivity index (χ1) is 9.58. The second-order valence-corrected chi connectivity index (χ2v) is 6.51. The van der Waals surface area contributed by atoms with Crippen LogP contribution < -0.4 is 10.1 Å². The summed E-state index contributed by atoms with van der Waals surface area (Å²) in [4.78, 5) is 0. The van der Waals surface area contributed by atoms with Crippen LogP contribution in [0.4, 0.5) is 0 Å².